The van der Waals surface area contributed by atoms with Gasteiger partial charge in [-0.25, -0.2) is 4.79 Å². The summed E-state index contributed by atoms with van der Waals surface area (Å²) in [6.45, 7) is 4.93. The summed E-state index contributed by atoms with van der Waals surface area (Å²) < 4.78 is 3.23. The second-order valence-corrected chi connectivity index (χ2v) is 6.55. The van der Waals surface area contributed by atoms with Crippen molar-refractivity contribution in [1.82, 2.24) is 14.5 Å². The summed E-state index contributed by atoms with van der Waals surface area (Å²) in [5, 5.41) is 3.04. The van der Waals surface area contributed by atoms with Gasteiger partial charge in [0, 0.05) is 13.1 Å². The highest BCUT2D eigenvalue weighted by molar-refractivity contribution is 5.81. The number of nitrogens with zero attached hydrogens (tertiary/aromatic N) is 2. The van der Waals surface area contributed by atoms with Crippen molar-refractivity contribution in [3.63, 3.8) is 0 Å². The van der Waals surface area contributed by atoms with Crippen LogP contribution < -0.4 is 16.7 Å². The Hall–Kier alpha value is -2.08. The third-order valence-corrected chi connectivity index (χ3v) is 4.87. The number of benzene rings is 1. The van der Waals surface area contributed by atoms with Gasteiger partial charge in [0.25, 0.3) is 0 Å². The number of nitrogens with two attached hydrogens (primary N) is 1. The number of fused-ring (bicyclic) bond motifs is 1. The number of hydrogen-bond acceptors (Lipinski definition) is 3. The highest BCUT2D eigenvalue weighted by Gasteiger charge is 2.41. The highest BCUT2D eigenvalue weighted by atomic mass is 16.2. The summed E-state index contributed by atoms with van der Waals surface area (Å²) in [4.78, 5) is 25.0. The van der Waals surface area contributed by atoms with Gasteiger partial charge in [-0.15, -0.1) is 0 Å². The minimum Gasteiger partial charge on any atom is -0.348 e. The molecule has 0 bridgehead atoms. The summed E-state index contributed by atoms with van der Waals surface area (Å²) in [7, 11) is 0. The maximum absolute atomic E-state index is 12.6. The number of hydrogen-bond donors (Lipinski definition) is 2. The molecule has 0 aliphatic heterocycles. The zero-order valence-electron chi connectivity index (χ0n) is 13.7. The Balaban J connectivity index is 1.88. The fourth-order valence-electron chi connectivity index (χ4n) is 3.27. The zero-order chi connectivity index (χ0) is 16.6. The summed E-state index contributed by atoms with van der Waals surface area (Å²) in [5.74, 6) is 0.288. The Morgan fingerprint density at radius 2 is 1.91 bits per heavy atom. The van der Waals surface area contributed by atoms with E-state index in [1.54, 1.807) is 4.57 Å². The van der Waals surface area contributed by atoms with Gasteiger partial charge in [-0.1, -0.05) is 12.1 Å². The molecule has 1 fully saturated rings. The van der Waals surface area contributed by atoms with Crippen LogP contribution in [0.3, 0.4) is 0 Å². The largest absolute Gasteiger partial charge is 0.348 e. The Morgan fingerprint density at radius 3 is 2.43 bits per heavy atom. The molecule has 2 aromatic rings. The van der Waals surface area contributed by atoms with Crippen LogP contribution in [0.2, 0.25) is 0 Å². The topological polar surface area (TPSA) is 82.0 Å². The zero-order valence-corrected chi connectivity index (χ0v) is 13.7. The first-order chi connectivity index (χ1) is 11.0. The van der Waals surface area contributed by atoms with E-state index in [-0.39, 0.29) is 23.7 Å². The molecular weight excluding hydrogens is 292 g/mol. The van der Waals surface area contributed by atoms with Crippen molar-refractivity contribution in [1.29, 1.82) is 0 Å². The van der Waals surface area contributed by atoms with E-state index in [4.69, 9.17) is 5.73 Å². The van der Waals surface area contributed by atoms with Crippen molar-refractivity contribution in [2.75, 3.05) is 6.54 Å². The Labute approximate surface area is 135 Å². The molecule has 1 unspecified atom stereocenters. The van der Waals surface area contributed by atoms with Crippen LogP contribution >= 0.6 is 0 Å². The maximum atomic E-state index is 12.6. The minimum atomic E-state index is -0.371. The van der Waals surface area contributed by atoms with Crippen LogP contribution in [-0.2, 0) is 17.9 Å². The molecule has 1 amide bonds. The molecule has 1 heterocycles. The molecule has 0 radical (unpaired) electrons. The van der Waals surface area contributed by atoms with Crippen LogP contribution in [0.25, 0.3) is 11.0 Å². The number of para-hydroxylation sites is 2. The predicted octanol–water partition coefficient (Wildman–Crippen LogP) is 1.07. The number of carbonyl (C=O) groups excluding carboxylic acids is 1. The van der Waals surface area contributed by atoms with Crippen molar-refractivity contribution >= 4 is 16.9 Å². The normalized spacial score (nSPS) is 17.2. The van der Waals surface area contributed by atoms with E-state index < -0.39 is 0 Å². The van der Waals surface area contributed by atoms with E-state index in [1.165, 1.54) is 4.57 Å². The summed E-state index contributed by atoms with van der Waals surface area (Å²) in [6.07, 6.45) is 2.20. The summed E-state index contributed by atoms with van der Waals surface area (Å²) >= 11 is 0. The van der Waals surface area contributed by atoms with Crippen LogP contribution in [0.1, 0.15) is 26.7 Å². The quantitative estimate of drug-likeness (QED) is 0.836. The first-order valence-corrected chi connectivity index (χ1v) is 8.19. The van der Waals surface area contributed by atoms with Gasteiger partial charge < -0.3 is 11.1 Å². The average Bonchev–Trinajstić information content (AvgIpc) is 3.36. The lowest BCUT2D eigenvalue weighted by Gasteiger charge is -2.29. The summed E-state index contributed by atoms with van der Waals surface area (Å²) in [6, 6.07) is 7.56. The third-order valence-electron chi connectivity index (χ3n) is 4.87. The fourth-order valence-corrected chi connectivity index (χ4v) is 3.27. The Bertz CT molecular complexity index is 787. The number of imidazole rings is 1. The predicted molar refractivity (Wildman–Crippen MR) is 90.2 cm³/mol. The SMILES string of the molecule is CCn1c(=O)n(CC(=O)NC(C)(CN)C2CC2)c2ccccc21. The second kappa shape index (κ2) is 5.85. The second-order valence-electron chi connectivity index (χ2n) is 6.55. The molecule has 0 spiro atoms. The number of aryl methyl sites for hydroxylation is 1. The Kier molecular flexibility index (Phi) is 4.02. The van der Waals surface area contributed by atoms with Crippen molar-refractivity contribution in [3.8, 4) is 0 Å². The molecule has 1 aliphatic rings. The van der Waals surface area contributed by atoms with E-state index in [2.05, 4.69) is 5.32 Å². The molecule has 3 rings (SSSR count). The van der Waals surface area contributed by atoms with Crippen LogP contribution in [0.4, 0.5) is 0 Å². The van der Waals surface area contributed by atoms with E-state index >= 15 is 0 Å². The average molecular weight is 316 g/mol. The smallest absolute Gasteiger partial charge is 0.329 e. The van der Waals surface area contributed by atoms with Crippen LogP contribution in [0.15, 0.2) is 29.1 Å². The van der Waals surface area contributed by atoms with E-state index in [0.29, 0.717) is 19.0 Å². The number of nitrogens with one attached hydrogen (secondary N) is 1. The molecule has 1 saturated carbocycles. The first-order valence-electron chi connectivity index (χ1n) is 8.19. The molecule has 1 aliphatic carbocycles. The first kappa shape index (κ1) is 15.8. The van der Waals surface area contributed by atoms with Gasteiger partial charge in [0.2, 0.25) is 5.91 Å². The van der Waals surface area contributed by atoms with E-state index in [0.717, 1.165) is 23.9 Å². The highest BCUT2D eigenvalue weighted by Crippen LogP contribution is 2.38. The standard InChI is InChI=1S/C17H24N4O2/c1-3-20-13-6-4-5-7-14(13)21(16(20)23)10-15(22)19-17(2,11-18)12-8-9-12/h4-7,12H,3,8-11,18H2,1-2H3,(H,19,22). The molecule has 3 N–H and O–H groups in total. The van der Waals surface area contributed by atoms with E-state index in [1.807, 2.05) is 38.1 Å². The molecule has 23 heavy (non-hydrogen) atoms. The molecular formula is C17H24N4O2. The van der Waals surface area contributed by atoms with Gasteiger partial charge in [-0.3, -0.25) is 13.9 Å². The Morgan fingerprint density at radius 1 is 1.30 bits per heavy atom. The lowest BCUT2D eigenvalue weighted by Crippen LogP contribution is -2.54. The van der Waals surface area contributed by atoms with Crippen molar-refractivity contribution in [2.45, 2.75) is 45.3 Å². The molecule has 124 valence electrons. The molecule has 6 heteroatoms. The van der Waals surface area contributed by atoms with Crippen molar-refractivity contribution in [3.05, 3.63) is 34.7 Å². The van der Waals surface area contributed by atoms with Crippen molar-refractivity contribution in [2.24, 2.45) is 11.7 Å². The van der Waals surface area contributed by atoms with E-state index in [9.17, 15) is 9.59 Å². The monoisotopic (exact) mass is 316 g/mol. The summed E-state index contributed by atoms with van der Waals surface area (Å²) in [5.41, 5.74) is 6.97. The van der Waals surface area contributed by atoms with Gasteiger partial charge >= 0.3 is 5.69 Å². The lowest BCUT2D eigenvalue weighted by atomic mass is 9.96. The van der Waals surface area contributed by atoms with Crippen LogP contribution in [0.5, 0.6) is 0 Å². The van der Waals surface area contributed by atoms with Gasteiger partial charge in [0.05, 0.1) is 16.6 Å². The molecule has 1 atom stereocenters. The molecule has 6 nitrogen and oxygen atoms in total. The fraction of sp³-hybridized carbons (Fsp3) is 0.529. The van der Waals surface area contributed by atoms with Crippen LogP contribution in [0, 0.1) is 5.92 Å². The maximum Gasteiger partial charge on any atom is 0.329 e. The van der Waals surface area contributed by atoms with Gasteiger partial charge in [0.1, 0.15) is 6.54 Å². The number of rotatable bonds is 6. The van der Waals surface area contributed by atoms with Gasteiger partial charge in [-0.2, -0.15) is 0 Å². The molecule has 1 aromatic heterocycles. The van der Waals surface area contributed by atoms with Gasteiger partial charge in [-0.05, 0) is 44.7 Å². The lowest BCUT2D eigenvalue weighted by molar-refractivity contribution is -0.123. The molecule has 0 saturated heterocycles. The van der Waals surface area contributed by atoms with Gasteiger partial charge in [0.15, 0.2) is 0 Å². The van der Waals surface area contributed by atoms with Crippen LogP contribution in [-0.4, -0.2) is 27.1 Å². The number of aromatic nitrogens is 2. The van der Waals surface area contributed by atoms with Crippen molar-refractivity contribution < 1.29 is 4.79 Å². The number of carbonyl (C=O) groups is 1. The molecule has 1 aromatic carbocycles. The number of amides is 1. The minimum absolute atomic E-state index is 0.0225. The third kappa shape index (κ3) is 2.79.